The standard InChI is InChI=1S/C21H25N3O/c1-17(25)13-20(19-8-3-2-4-9-19)16-22-15-18-7-5-10-21(14-18)24-12-6-11-23-24/h2-12,14,17,20,22,25H,13,15-16H2,1H3. The largest absolute Gasteiger partial charge is 0.393 e. The van der Waals surface area contributed by atoms with Gasteiger partial charge >= 0.3 is 0 Å². The highest BCUT2D eigenvalue weighted by Crippen LogP contribution is 2.20. The molecule has 3 rings (SSSR count). The van der Waals surface area contributed by atoms with Gasteiger partial charge in [0.15, 0.2) is 0 Å². The highest BCUT2D eigenvalue weighted by molar-refractivity contribution is 5.35. The average molecular weight is 335 g/mol. The number of aromatic nitrogens is 2. The minimum Gasteiger partial charge on any atom is -0.393 e. The molecule has 25 heavy (non-hydrogen) atoms. The van der Waals surface area contributed by atoms with Crippen LogP contribution in [0.1, 0.15) is 30.4 Å². The first-order valence-electron chi connectivity index (χ1n) is 8.75. The molecular weight excluding hydrogens is 310 g/mol. The average Bonchev–Trinajstić information content (AvgIpc) is 3.16. The Morgan fingerprint density at radius 3 is 2.64 bits per heavy atom. The Morgan fingerprint density at radius 2 is 1.92 bits per heavy atom. The van der Waals surface area contributed by atoms with Crippen molar-refractivity contribution >= 4 is 0 Å². The molecule has 2 aromatic carbocycles. The van der Waals surface area contributed by atoms with Crippen molar-refractivity contribution in [3.63, 3.8) is 0 Å². The molecule has 0 spiro atoms. The first-order chi connectivity index (χ1) is 12.2. The van der Waals surface area contributed by atoms with E-state index in [2.05, 4.69) is 58.9 Å². The van der Waals surface area contributed by atoms with Crippen LogP contribution in [0, 0.1) is 0 Å². The van der Waals surface area contributed by atoms with Gasteiger partial charge in [0.05, 0.1) is 11.8 Å². The van der Waals surface area contributed by atoms with Gasteiger partial charge in [0.25, 0.3) is 0 Å². The second kappa shape index (κ2) is 8.60. The number of benzene rings is 2. The summed E-state index contributed by atoms with van der Waals surface area (Å²) in [4.78, 5) is 0. The van der Waals surface area contributed by atoms with Crippen molar-refractivity contribution in [2.75, 3.05) is 6.54 Å². The van der Waals surface area contributed by atoms with Crippen molar-refractivity contribution in [3.8, 4) is 5.69 Å². The van der Waals surface area contributed by atoms with E-state index in [4.69, 9.17) is 0 Å². The van der Waals surface area contributed by atoms with Crippen LogP contribution in [0.2, 0.25) is 0 Å². The van der Waals surface area contributed by atoms with E-state index in [1.54, 1.807) is 6.20 Å². The molecule has 0 aliphatic rings. The molecule has 2 atom stereocenters. The molecule has 3 aromatic rings. The number of aliphatic hydroxyl groups is 1. The monoisotopic (exact) mass is 335 g/mol. The van der Waals surface area contributed by atoms with E-state index in [0.29, 0.717) is 5.92 Å². The topological polar surface area (TPSA) is 50.1 Å². The lowest BCUT2D eigenvalue weighted by Gasteiger charge is -2.20. The number of rotatable bonds is 8. The van der Waals surface area contributed by atoms with Crippen LogP contribution in [0.5, 0.6) is 0 Å². The number of hydrogen-bond acceptors (Lipinski definition) is 3. The van der Waals surface area contributed by atoms with Crippen LogP contribution in [0.15, 0.2) is 73.1 Å². The summed E-state index contributed by atoms with van der Waals surface area (Å²) in [5.41, 5.74) is 3.55. The van der Waals surface area contributed by atoms with E-state index >= 15 is 0 Å². The van der Waals surface area contributed by atoms with Gasteiger partial charge in [-0.15, -0.1) is 0 Å². The van der Waals surface area contributed by atoms with Gasteiger partial charge in [0, 0.05) is 25.5 Å². The van der Waals surface area contributed by atoms with Gasteiger partial charge in [-0.05, 0) is 48.6 Å². The van der Waals surface area contributed by atoms with E-state index in [-0.39, 0.29) is 6.10 Å². The molecule has 1 aromatic heterocycles. The third-order valence-electron chi connectivity index (χ3n) is 4.30. The maximum absolute atomic E-state index is 9.81. The maximum atomic E-state index is 9.81. The Kier molecular flexibility index (Phi) is 5.99. The summed E-state index contributed by atoms with van der Waals surface area (Å²) in [6, 6.07) is 20.7. The van der Waals surface area contributed by atoms with E-state index in [1.807, 2.05) is 29.9 Å². The zero-order valence-corrected chi connectivity index (χ0v) is 14.5. The Labute approximate surface area is 149 Å². The minimum absolute atomic E-state index is 0.301. The Bertz CT molecular complexity index is 754. The van der Waals surface area contributed by atoms with Gasteiger partial charge in [-0.25, -0.2) is 4.68 Å². The summed E-state index contributed by atoms with van der Waals surface area (Å²) < 4.78 is 1.86. The number of nitrogens with one attached hydrogen (secondary N) is 1. The van der Waals surface area contributed by atoms with Gasteiger partial charge in [0.2, 0.25) is 0 Å². The zero-order chi connectivity index (χ0) is 17.5. The summed E-state index contributed by atoms with van der Waals surface area (Å²) in [6.45, 7) is 3.47. The summed E-state index contributed by atoms with van der Waals surface area (Å²) in [6.07, 6.45) is 4.17. The second-order valence-corrected chi connectivity index (χ2v) is 6.44. The van der Waals surface area contributed by atoms with Gasteiger partial charge in [-0.1, -0.05) is 42.5 Å². The fourth-order valence-corrected chi connectivity index (χ4v) is 3.10. The molecular formula is C21H25N3O. The quantitative estimate of drug-likeness (QED) is 0.662. The van der Waals surface area contributed by atoms with Crippen LogP contribution in [0.3, 0.4) is 0 Å². The van der Waals surface area contributed by atoms with Gasteiger partial charge in [-0.3, -0.25) is 0 Å². The SMILES string of the molecule is CC(O)CC(CNCc1cccc(-n2cccn2)c1)c1ccccc1. The van der Waals surface area contributed by atoms with Crippen molar-refractivity contribution in [1.29, 1.82) is 0 Å². The molecule has 0 aliphatic carbocycles. The second-order valence-electron chi connectivity index (χ2n) is 6.44. The summed E-state index contributed by atoms with van der Waals surface area (Å²) in [7, 11) is 0. The number of nitrogens with zero attached hydrogens (tertiary/aromatic N) is 2. The lowest BCUT2D eigenvalue weighted by atomic mass is 9.93. The van der Waals surface area contributed by atoms with Crippen LogP contribution in [-0.4, -0.2) is 27.5 Å². The lowest BCUT2D eigenvalue weighted by Crippen LogP contribution is -2.23. The molecule has 0 bridgehead atoms. The van der Waals surface area contributed by atoms with E-state index < -0.39 is 0 Å². The molecule has 4 nitrogen and oxygen atoms in total. The van der Waals surface area contributed by atoms with Crippen LogP contribution in [0.25, 0.3) is 5.69 Å². The van der Waals surface area contributed by atoms with Crippen LogP contribution in [0.4, 0.5) is 0 Å². The molecule has 0 fully saturated rings. The van der Waals surface area contributed by atoms with Crippen LogP contribution in [-0.2, 0) is 6.54 Å². The van der Waals surface area contributed by atoms with Crippen molar-refractivity contribution in [3.05, 3.63) is 84.2 Å². The normalized spacial score (nSPS) is 13.5. The molecule has 4 heteroatoms. The molecule has 0 saturated carbocycles. The maximum Gasteiger partial charge on any atom is 0.0648 e. The molecule has 0 aliphatic heterocycles. The fourth-order valence-electron chi connectivity index (χ4n) is 3.10. The van der Waals surface area contributed by atoms with Crippen LogP contribution >= 0.6 is 0 Å². The van der Waals surface area contributed by atoms with Crippen molar-refractivity contribution < 1.29 is 5.11 Å². The van der Waals surface area contributed by atoms with Crippen molar-refractivity contribution in [1.82, 2.24) is 15.1 Å². The highest BCUT2D eigenvalue weighted by atomic mass is 16.3. The molecule has 0 radical (unpaired) electrons. The third kappa shape index (κ3) is 5.02. The Hall–Kier alpha value is -2.43. The van der Waals surface area contributed by atoms with E-state index in [9.17, 15) is 5.11 Å². The van der Waals surface area contributed by atoms with Crippen molar-refractivity contribution in [2.45, 2.75) is 31.9 Å². The molecule has 0 amide bonds. The molecule has 2 unspecified atom stereocenters. The highest BCUT2D eigenvalue weighted by Gasteiger charge is 2.13. The molecule has 2 N–H and O–H groups in total. The van der Waals surface area contributed by atoms with E-state index in [0.717, 1.165) is 25.2 Å². The Morgan fingerprint density at radius 1 is 1.08 bits per heavy atom. The number of hydrogen-bond donors (Lipinski definition) is 2. The molecule has 0 saturated heterocycles. The summed E-state index contributed by atoms with van der Waals surface area (Å²) in [5, 5.41) is 17.6. The predicted molar refractivity (Wildman–Crippen MR) is 101 cm³/mol. The van der Waals surface area contributed by atoms with Gasteiger partial charge in [0.1, 0.15) is 0 Å². The predicted octanol–water partition coefficient (Wildman–Crippen LogP) is 3.52. The fraction of sp³-hybridized carbons (Fsp3) is 0.286. The first-order valence-corrected chi connectivity index (χ1v) is 8.75. The zero-order valence-electron chi connectivity index (χ0n) is 14.5. The van der Waals surface area contributed by atoms with E-state index in [1.165, 1.54) is 11.1 Å². The summed E-state index contributed by atoms with van der Waals surface area (Å²) >= 11 is 0. The molecule has 130 valence electrons. The smallest absolute Gasteiger partial charge is 0.0648 e. The molecule has 1 heterocycles. The lowest BCUT2D eigenvalue weighted by molar-refractivity contribution is 0.173. The summed E-state index contributed by atoms with van der Waals surface area (Å²) in [5.74, 6) is 0.301. The number of aliphatic hydroxyl groups excluding tert-OH is 1. The van der Waals surface area contributed by atoms with Gasteiger partial charge in [-0.2, -0.15) is 5.10 Å². The van der Waals surface area contributed by atoms with Crippen LogP contribution < -0.4 is 5.32 Å². The van der Waals surface area contributed by atoms with Gasteiger partial charge < -0.3 is 10.4 Å². The third-order valence-corrected chi connectivity index (χ3v) is 4.30. The minimum atomic E-state index is -0.310. The Balaban J connectivity index is 1.61. The first kappa shape index (κ1) is 17.4. The van der Waals surface area contributed by atoms with Crippen molar-refractivity contribution in [2.24, 2.45) is 0 Å².